The maximum absolute atomic E-state index is 3.64. The molecule has 112 valence electrons. The zero-order chi connectivity index (χ0) is 14.7. The molecule has 0 spiro atoms. The lowest BCUT2D eigenvalue weighted by atomic mass is 9.85. The summed E-state index contributed by atoms with van der Waals surface area (Å²) in [7, 11) is 0. The predicted molar refractivity (Wildman–Crippen MR) is 90.0 cm³/mol. The fourth-order valence-electron chi connectivity index (χ4n) is 3.42. The van der Waals surface area contributed by atoms with Crippen molar-refractivity contribution in [1.82, 2.24) is 10.2 Å². The van der Waals surface area contributed by atoms with Gasteiger partial charge in [-0.05, 0) is 50.4 Å². The van der Waals surface area contributed by atoms with Crippen LogP contribution in [-0.2, 0) is 0 Å². The van der Waals surface area contributed by atoms with Crippen molar-refractivity contribution in [3.8, 4) is 0 Å². The molecule has 2 nitrogen and oxygen atoms in total. The van der Waals surface area contributed by atoms with Gasteiger partial charge in [-0.3, -0.25) is 4.90 Å². The van der Waals surface area contributed by atoms with Crippen LogP contribution in [0.1, 0.15) is 45.7 Å². The summed E-state index contributed by atoms with van der Waals surface area (Å²) in [4.78, 5) is 2.65. The Hall–Kier alpha value is -0.380. The summed E-state index contributed by atoms with van der Waals surface area (Å²) < 4.78 is 1.15. The van der Waals surface area contributed by atoms with Gasteiger partial charge in [-0.25, -0.2) is 0 Å². The maximum Gasteiger partial charge on any atom is 0.0322 e. The predicted octanol–water partition coefficient (Wildman–Crippen LogP) is 4.22. The Kier molecular flexibility index (Phi) is 5.65. The molecule has 3 heteroatoms. The van der Waals surface area contributed by atoms with Crippen molar-refractivity contribution in [2.75, 3.05) is 13.1 Å². The first-order valence-electron chi connectivity index (χ1n) is 7.79. The second-order valence-electron chi connectivity index (χ2n) is 6.02. The first-order valence-corrected chi connectivity index (χ1v) is 8.58. The Morgan fingerprint density at radius 2 is 1.95 bits per heavy atom. The molecule has 0 radical (unpaired) electrons. The summed E-state index contributed by atoms with van der Waals surface area (Å²) >= 11 is 3.52. The van der Waals surface area contributed by atoms with Gasteiger partial charge in [-0.2, -0.15) is 0 Å². The number of halogens is 1. The molecule has 4 atom stereocenters. The highest BCUT2D eigenvalue weighted by molar-refractivity contribution is 9.10. The highest BCUT2D eigenvalue weighted by atomic mass is 79.9. The molecule has 0 aromatic heterocycles. The van der Waals surface area contributed by atoms with Crippen molar-refractivity contribution in [3.63, 3.8) is 0 Å². The molecule has 4 unspecified atom stereocenters. The molecule has 0 aliphatic carbocycles. The maximum atomic E-state index is 3.64. The quantitative estimate of drug-likeness (QED) is 0.884. The van der Waals surface area contributed by atoms with E-state index in [1.165, 1.54) is 18.5 Å². The standard InChI is InChI=1S/C17H27BrN2/c1-5-19-17-10-11-20(13(3)12(17)2)14(4)15-6-8-16(18)9-7-15/h6-9,12-14,17,19H,5,10-11H2,1-4H3. The van der Waals surface area contributed by atoms with Gasteiger partial charge in [-0.15, -0.1) is 0 Å². The molecule has 1 fully saturated rings. The van der Waals surface area contributed by atoms with Crippen molar-refractivity contribution in [3.05, 3.63) is 34.3 Å². The van der Waals surface area contributed by atoms with Gasteiger partial charge in [-0.1, -0.05) is 41.9 Å². The summed E-state index contributed by atoms with van der Waals surface area (Å²) in [6.45, 7) is 11.6. The summed E-state index contributed by atoms with van der Waals surface area (Å²) in [5.74, 6) is 0.696. The molecule has 1 aliphatic heterocycles. The third-order valence-electron chi connectivity index (χ3n) is 4.93. The molecule has 1 saturated heterocycles. The smallest absolute Gasteiger partial charge is 0.0322 e. The molecular weight excluding hydrogens is 312 g/mol. The number of nitrogens with one attached hydrogen (secondary N) is 1. The van der Waals surface area contributed by atoms with Crippen molar-refractivity contribution < 1.29 is 0 Å². The van der Waals surface area contributed by atoms with E-state index in [0.29, 0.717) is 24.0 Å². The Balaban J connectivity index is 2.07. The third kappa shape index (κ3) is 3.44. The lowest BCUT2D eigenvalue weighted by molar-refractivity contribution is 0.0529. The van der Waals surface area contributed by atoms with E-state index >= 15 is 0 Å². The lowest BCUT2D eigenvalue weighted by Gasteiger charge is -2.46. The van der Waals surface area contributed by atoms with Crippen LogP contribution in [0.2, 0.25) is 0 Å². The van der Waals surface area contributed by atoms with Crippen molar-refractivity contribution in [2.45, 2.75) is 52.2 Å². The number of nitrogens with zero attached hydrogens (tertiary/aromatic N) is 1. The number of likely N-dealkylation sites (tertiary alicyclic amines) is 1. The molecule has 0 amide bonds. The van der Waals surface area contributed by atoms with Crippen molar-refractivity contribution in [1.29, 1.82) is 0 Å². The fourth-order valence-corrected chi connectivity index (χ4v) is 3.69. The molecule has 1 aromatic rings. The van der Waals surface area contributed by atoms with E-state index in [9.17, 15) is 0 Å². The number of hydrogen-bond donors (Lipinski definition) is 1. The van der Waals surface area contributed by atoms with Gasteiger partial charge >= 0.3 is 0 Å². The molecule has 0 saturated carbocycles. The molecule has 1 aliphatic rings. The minimum Gasteiger partial charge on any atom is -0.314 e. The molecule has 2 rings (SSSR count). The van der Waals surface area contributed by atoms with Crippen LogP contribution < -0.4 is 5.32 Å². The van der Waals surface area contributed by atoms with Gasteiger partial charge in [0, 0.05) is 29.1 Å². The van der Waals surface area contributed by atoms with Crippen LogP contribution >= 0.6 is 15.9 Å². The van der Waals surface area contributed by atoms with Crippen LogP contribution in [0.4, 0.5) is 0 Å². The molecule has 1 N–H and O–H groups in total. The van der Waals surface area contributed by atoms with E-state index in [-0.39, 0.29) is 0 Å². The van der Waals surface area contributed by atoms with Gasteiger partial charge in [0.2, 0.25) is 0 Å². The van der Waals surface area contributed by atoms with E-state index in [4.69, 9.17) is 0 Å². The fraction of sp³-hybridized carbons (Fsp3) is 0.647. The third-order valence-corrected chi connectivity index (χ3v) is 5.46. The number of benzene rings is 1. The van der Waals surface area contributed by atoms with Crippen LogP contribution in [0, 0.1) is 5.92 Å². The first-order chi connectivity index (χ1) is 9.54. The Morgan fingerprint density at radius 3 is 2.55 bits per heavy atom. The molecule has 1 heterocycles. The zero-order valence-electron chi connectivity index (χ0n) is 13.1. The highest BCUT2D eigenvalue weighted by Gasteiger charge is 2.34. The minimum atomic E-state index is 0.489. The van der Waals surface area contributed by atoms with E-state index in [2.05, 4.69) is 78.1 Å². The normalized spacial score (nSPS) is 29.4. The summed E-state index contributed by atoms with van der Waals surface area (Å²) in [5.41, 5.74) is 1.41. The number of rotatable bonds is 4. The Bertz CT molecular complexity index is 418. The zero-order valence-corrected chi connectivity index (χ0v) is 14.7. The molecule has 1 aromatic carbocycles. The van der Waals surface area contributed by atoms with Crippen LogP contribution in [0.5, 0.6) is 0 Å². The number of hydrogen-bond acceptors (Lipinski definition) is 2. The van der Waals surface area contributed by atoms with Gasteiger partial charge in [0.15, 0.2) is 0 Å². The lowest BCUT2D eigenvalue weighted by Crippen LogP contribution is -2.53. The van der Waals surface area contributed by atoms with Crippen LogP contribution in [0.25, 0.3) is 0 Å². The monoisotopic (exact) mass is 338 g/mol. The van der Waals surface area contributed by atoms with E-state index < -0.39 is 0 Å². The van der Waals surface area contributed by atoms with Crippen LogP contribution in [0.15, 0.2) is 28.7 Å². The van der Waals surface area contributed by atoms with E-state index in [0.717, 1.165) is 11.0 Å². The first kappa shape index (κ1) is 16.0. The van der Waals surface area contributed by atoms with Crippen molar-refractivity contribution >= 4 is 15.9 Å². The minimum absolute atomic E-state index is 0.489. The van der Waals surface area contributed by atoms with Crippen molar-refractivity contribution in [2.24, 2.45) is 5.92 Å². The molecule has 20 heavy (non-hydrogen) atoms. The average Bonchev–Trinajstić information content (AvgIpc) is 2.44. The van der Waals surface area contributed by atoms with Gasteiger partial charge < -0.3 is 5.32 Å². The molecule has 0 bridgehead atoms. The average molecular weight is 339 g/mol. The second-order valence-corrected chi connectivity index (χ2v) is 6.93. The Morgan fingerprint density at radius 1 is 1.30 bits per heavy atom. The second kappa shape index (κ2) is 7.06. The largest absolute Gasteiger partial charge is 0.314 e. The van der Waals surface area contributed by atoms with Gasteiger partial charge in [0.05, 0.1) is 0 Å². The Labute approximate surface area is 132 Å². The summed E-state index contributed by atoms with van der Waals surface area (Å²) in [6, 6.07) is 10.5. The van der Waals surface area contributed by atoms with Crippen LogP contribution in [-0.4, -0.2) is 30.1 Å². The van der Waals surface area contributed by atoms with Gasteiger partial charge in [0.1, 0.15) is 0 Å². The summed E-state index contributed by atoms with van der Waals surface area (Å²) in [6.07, 6.45) is 1.25. The van der Waals surface area contributed by atoms with Gasteiger partial charge in [0.25, 0.3) is 0 Å². The molecular formula is C17H27BrN2. The SMILES string of the molecule is CCNC1CCN(C(C)c2ccc(Br)cc2)C(C)C1C. The number of piperidine rings is 1. The summed E-state index contributed by atoms with van der Waals surface area (Å²) in [5, 5.41) is 3.64. The van der Waals surface area contributed by atoms with E-state index in [1.54, 1.807) is 0 Å². The topological polar surface area (TPSA) is 15.3 Å². The van der Waals surface area contributed by atoms with E-state index in [1.807, 2.05) is 0 Å². The highest BCUT2D eigenvalue weighted by Crippen LogP contribution is 2.31. The van der Waals surface area contributed by atoms with Crippen LogP contribution in [0.3, 0.4) is 0 Å².